The molecule has 3 nitrogen and oxygen atoms in total. The third kappa shape index (κ3) is 11.5. The van der Waals surface area contributed by atoms with Crippen molar-refractivity contribution < 1.29 is 9.53 Å². The molecule has 3 heteroatoms. The Bertz CT molecular complexity index is 149. The fourth-order valence-electron chi connectivity index (χ4n) is 0.954. The van der Waals surface area contributed by atoms with Crippen molar-refractivity contribution in [2.45, 2.75) is 53.9 Å². The summed E-state index contributed by atoms with van der Waals surface area (Å²) in [6, 6.07) is 0. The number of carbonyl (C=O) groups is 1. The number of nitrogens with one attached hydrogen (secondary N) is 1. The molecule has 0 aromatic heterocycles. The third-order valence-electron chi connectivity index (χ3n) is 2.25. The standard InChI is InChI=1S/C11H23NO2.C2H6/c1-4-6-8-14-9-7-12-11(13)10(3)5-2;1-2/h10H,4-9H2,1-3H3,(H,12,13);1-2H3. The van der Waals surface area contributed by atoms with Crippen molar-refractivity contribution in [1.29, 1.82) is 0 Å². The van der Waals surface area contributed by atoms with Crippen LogP contribution in [0.2, 0.25) is 0 Å². The minimum Gasteiger partial charge on any atom is -0.380 e. The van der Waals surface area contributed by atoms with Crippen molar-refractivity contribution in [3.05, 3.63) is 0 Å². The highest BCUT2D eigenvalue weighted by molar-refractivity contribution is 5.78. The molecule has 1 N–H and O–H groups in total. The van der Waals surface area contributed by atoms with Gasteiger partial charge in [-0.25, -0.2) is 0 Å². The van der Waals surface area contributed by atoms with Crippen LogP contribution in [0.15, 0.2) is 0 Å². The van der Waals surface area contributed by atoms with Gasteiger partial charge in [0.1, 0.15) is 0 Å². The smallest absolute Gasteiger partial charge is 0.222 e. The molecule has 0 spiro atoms. The minimum atomic E-state index is 0.116. The van der Waals surface area contributed by atoms with Crippen molar-refractivity contribution in [2.24, 2.45) is 5.92 Å². The number of hydrogen-bond donors (Lipinski definition) is 1. The Morgan fingerprint density at radius 3 is 2.38 bits per heavy atom. The first-order valence-electron chi connectivity index (χ1n) is 6.57. The fraction of sp³-hybridized carbons (Fsp3) is 0.923. The SMILES string of the molecule is CC.CCCCOCCNC(=O)C(C)CC. The zero-order valence-electron chi connectivity index (χ0n) is 11.6. The molecule has 0 aliphatic carbocycles. The van der Waals surface area contributed by atoms with E-state index in [9.17, 15) is 4.79 Å². The summed E-state index contributed by atoms with van der Waals surface area (Å²) < 4.78 is 5.32. The maximum atomic E-state index is 11.3. The van der Waals surface area contributed by atoms with E-state index in [4.69, 9.17) is 4.74 Å². The van der Waals surface area contributed by atoms with Gasteiger partial charge in [-0.05, 0) is 12.8 Å². The fourth-order valence-corrected chi connectivity index (χ4v) is 0.954. The summed E-state index contributed by atoms with van der Waals surface area (Å²) in [6.45, 7) is 12.1. The van der Waals surface area contributed by atoms with E-state index in [0.717, 1.165) is 25.9 Å². The normalized spacial score (nSPS) is 11.3. The van der Waals surface area contributed by atoms with Gasteiger partial charge in [-0.15, -0.1) is 0 Å². The van der Waals surface area contributed by atoms with Crippen LogP contribution in [0.25, 0.3) is 0 Å². The molecule has 1 amide bonds. The molecule has 0 aliphatic rings. The van der Waals surface area contributed by atoms with Crippen LogP contribution in [0.4, 0.5) is 0 Å². The highest BCUT2D eigenvalue weighted by Crippen LogP contribution is 1.98. The van der Waals surface area contributed by atoms with Crippen molar-refractivity contribution in [1.82, 2.24) is 5.32 Å². The Morgan fingerprint density at radius 2 is 1.88 bits per heavy atom. The topological polar surface area (TPSA) is 38.3 Å². The van der Waals surface area contributed by atoms with Crippen LogP contribution >= 0.6 is 0 Å². The van der Waals surface area contributed by atoms with Crippen LogP contribution in [0, 0.1) is 5.92 Å². The number of carbonyl (C=O) groups excluding carboxylic acids is 1. The predicted molar refractivity (Wildman–Crippen MR) is 69.5 cm³/mol. The van der Waals surface area contributed by atoms with Crippen molar-refractivity contribution in [3.63, 3.8) is 0 Å². The molecule has 0 aromatic carbocycles. The first-order chi connectivity index (χ1) is 7.72. The Hall–Kier alpha value is -0.570. The summed E-state index contributed by atoms with van der Waals surface area (Å²) in [5.41, 5.74) is 0. The number of amides is 1. The number of hydrogen-bond acceptors (Lipinski definition) is 2. The van der Waals surface area contributed by atoms with Gasteiger partial charge in [-0.1, -0.05) is 41.0 Å². The van der Waals surface area contributed by atoms with E-state index in [0.29, 0.717) is 13.2 Å². The van der Waals surface area contributed by atoms with Gasteiger partial charge >= 0.3 is 0 Å². The van der Waals surface area contributed by atoms with Gasteiger partial charge in [-0.2, -0.15) is 0 Å². The summed E-state index contributed by atoms with van der Waals surface area (Å²) in [4.78, 5) is 11.3. The lowest BCUT2D eigenvalue weighted by molar-refractivity contribution is -0.124. The van der Waals surface area contributed by atoms with Gasteiger partial charge in [0, 0.05) is 19.1 Å². The molecule has 0 fully saturated rings. The number of rotatable bonds is 8. The molecule has 0 aliphatic heterocycles. The van der Waals surface area contributed by atoms with Crippen LogP contribution < -0.4 is 5.32 Å². The first kappa shape index (κ1) is 17.8. The quantitative estimate of drug-likeness (QED) is 0.652. The maximum Gasteiger partial charge on any atom is 0.222 e. The zero-order valence-corrected chi connectivity index (χ0v) is 11.6. The van der Waals surface area contributed by atoms with Crippen LogP contribution in [0.5, 0.6) is 0 Å². The monoisotopic (exact) mass is 231 g/mol. The Balaban J connectivity index is 0. The molecule has 1 atom stereocenters. The van der Waals surface area contributed by atoms with Gasteiger partial charge in [-0.3, -0.25) is 4.79 Å². The summed E-state index contributed by atoms with van der Waals surface area (Å²) >= 11 is 0. The maximum absolute atomic E-state index is 11.3. The largest absolute Gasteiger partial charge is 0.380 e. The molecular formula is C13H29NO2. The minimum absolute atomic E-state index is 0.116. The van der Waals surface area contributed by atoms with Gasteiger partial charge in [0.15, 0.2) is 0 Å². The second-order valence-electron chi connectivity index (χ2n) is 3.57. The molecule has 0 heterocycles. The van der Waals surface area contributed by atoms with Gasteiger partial charge in [0.2, 0.25) is 5.91 Å². The average molecular weight is 231 g/mol. The van der Waals surface area contributed by atoms with Crippen molar-refractivity contribution >= 4 is 5.91 Å². The zero-order chi connectivity index (χ0) is 12.8. The van der Waals surface area contributed by atoms with Crippen molar-refractivity contribution in [2.75, 3.05) is 19.8 Å². The van der Waals surface area contributed by atoms with E-state index >= 15 is 0 Å². The van der Waals surface area contributed by atoms with E-state index in [1.54, 1.807) is 0 Å². The summed E-state index contributed by atoms with van der Waals surface area (Å²) in [6.07, 6.45) is 3.14. The molecule has 0 radical (unpaired) electrons. The summed E-state index contributed by atoms with van der Waals surface area (Å²) in [7, 11) is 0. The van der Waals surface area contributed by atoms with Crippen LogP contribution in [0.3, 0.4) is 0 Å². The van der Waals surface area contributed by atoms with E-state index < -0.39 is 0 Å². The second kappa shape index (κ2) is 14.4. The van der Waals surface area contributed by atoms with Crippen LogP contribution in [-0.2, 0) is 9.53 Å². The average Bonchev–Trinajstić information content (AvgIpc) is 2.34. The van der Waals surface area contributed by atoms with Gasteiger partial charge in [0.05, 0.1) is 6.61 Å². The Labute approximate surface area is 101 Å². The summed E-state index contributed by atoms with van der Waals surface area (Å²) in [5, 5.41) is 2.85. The number of unbranched alkanes of at least 4 members (excludes halogenated alkanes) is 1. The molecule has 1 unspecified atom stereocenters. The Morgan fingerprint density at radius 1 is 1.25 bits per heavy atom. The van der Waals surface area contributed by atoms with Crippen molar-refractivity contribution in [3.8, 4) is 0 Å². The lowest BCUT2D eigenvalue weighted by Crippen LogP contribution is -2.31. The van der Waals surface area contributed by atoms with E-state index in [1.807, 2.05) is 27.7 Å². The van der Waals surface area contributed by atoms with E-state index in [2.05, 4.69) is 12.2 Å². The number of ether oxygens (including phenoxy) is 1. The molecule has 98 valence electrons. The second-order valence-corrected chi connectivity index (χ2v) is 3.57. The molecular weight excluding hydrogens is 202 g/mol. The molecule has 0 saturated carbocycles. The molecule has 16 heavy (non-hydrogen) atoms. The highest BCUT2D eigenvalue weighted by Gasteiger charge is 2.08. The third-order valence-corrected chi connectivity index (χ3v) is 2.25. The van der Waals surface area contributed by atoms with Gasteiger partial charge in [0.25, 0.3) is 0 Å². The van der Waals surface area contributed by atoms with E-state index in [-0.39, 0.29) is 11.8 Å². The lowest BCUT2D eigenvalue weighted by atomic mass is 10.1. The molecule has 0 rings (SSSR count). The summed E-state index contributed by atoms with van der Waals surface area (Å²) in [5.74, 6) is 0.247. The lowest BCUT2D eigenvalue weighted by Gasteiger charge is -2.09. The molecule has 0 aromatic rings. The van der Waals surface area contributed by atoms with Crippen LogP contribution in [0.1, 0.15) is 53.9 Å². The molecule has 0 bridgehead atoms. The molecule has 0 saturated heterocycles. The van der Waals surface area contributed by atoms with Gasteiger partial charge < -0.3 is 10.1 Å². The van der Waals surface area contributed by atoms with E-state index in [1.165, 1.54) is 0 Å². The predicted octanol–water partition coefficient (Wildman–Crippen LogP) is 2.99. The Kier molecular flexibility index (Phi) is 16.1. The highest BCUT2D eigenvalue weighted by atomic mass is 16.5. The van der Waals surface area contributed by atoms with Crippen LogP contribution in [-0.4, -0.2) is 25.7 Å². The first-order valence-corrected chi connectivity index (χ1v) is 6.57.